The molecular formula is C31H40F3N2. The third-order valence-electron chi connectivity index (χ3n) is 8.02. The van der Waals surface area contributed by atoms with Gasteiger partial charge in [0.2, 0.25) is 0 Å². The van der Waals surface area contributed by atoms with Gasteiger partial charge in [-0.15, -0.1) is 0 Å². The highest BCUT2D eigenvalue weighted by atomic mass is 19.4. The second kappa shape index (κ2) is 12.0. The number of fused-ring (bicyclic) bond motifs is 2. The molecule has 3 atom stereocenters. The number of rotatable bonds is 14. The number of hydrogen-bond acceptors (Lipinski definition) is 2. The second-order valence-electron chi connectivity index (χ2n) is 10.5. The Morgan fingerprint density at radius 1 is 1.06 bits per heavy atom. The van der Waals surface area contributed by atoms with E-state index in [1.165, 1.54) is 35.1 Å². The molecule has 0 spiro atoms. The van der Waals surface area contributed by atoms with Gasteiger partial charge in [-0.05, 0) is 72.5 Å². The van der Waals surface area contributed by atoms with Gasteiger partial charge in [0.15, 0.2) is 0 Å². The van der Waals surface area contributed by atoms with Crippen molar-refractivity contribution in [1.82, 2.24) is 10.6 Å². The van der Waals surface area contributed by atoms with E-state index < -0.39 is 18.1 Å². The zero-order valence-electron chi connectivity index (χ0n) is 21.6. The number of benzene rings is 1. The first-order valence-electron chi connectivity index (χ1n) is 13.6. The third kappa shape index (κ3) is 6.23. The fourth-order valence-electron chi connectivity index (χ4n) is 5.87. The van der Waals surface area contributed by atoms with Gasteiger partial charge in [0.25, 0.3) is 0 Å². The molecule has 0 aliphatic heterocycles. The quantitative estimate of drug-likeness (QED) is 0.261. The summed E-state index contributed by atoms with van der Waals surface area (Å²) in [6.45, 7) is 5.58. The number of alkyl halides is 3. The van der Waals surface area contributed by atoms with E-state index >= 15 is 0 Å². The van der Waals surface area contributed by atoms with Crippen molar-refractivity contribution in [2.24, 2.45) is 5.92 Å². The lowest BCUT2D eigenvalue weighted by molar-refractivity contribution is -0.126. The van der Waals surface area contributed by atoms with Gasteiger partial charge in [0.1, 0.15) is 0 Å². The lowest BCUT2D eigenvalue weighted by Gasteiger charge is -2.42. The molecule has 2 N–H and O–H groups in total. The van der Waals surface area contributed by atoms with E-state index in [-0.39, 0.29) is 6.04 Å². The van der Waals surface area contributed by atoms with Crippen LogP contribution >= 0.6 is 0 Å². The normalized spacial score (nSPS) is 22.2. The summed E-state index contributed by atoms with van der Waals surface area (Å²) in [7, 11) is 0. The summed E-state index contributed by atoms with van der Waals surface area (Å²) < 4.78 is 40.2. The third-order valence-corrected chi connectivity index (χ3v) is 8.02. The summed E-state index contributed by atoms with van der Waals surface area (Å²) in [5.74, 6) is 0.750. The molecular weight excluding hydrogens is 457 g/mol. The van der Waals surface area contributed by atoms with Crippen LogP contribution in [0.4, 0.5) is 13.2 Å². The first-order chi connectivity index (χ1) is 17.4. The maximum Gasteiger partial charge on any atom is 0.401 e. The highest BCUT2D eigenvalue weighted by Gasteiger charge is 2.51. The molecule has 1 aromatic carbocycles. The Balaban J connectivity index is 1.55. The van der Waals surface area contributed by atoms with Crippen LogP contribution in [0.5, 0.6) is 0 Å². The molecule has 5 heteroatoms. The van der Waals surface area contributed by atoms with Crippen LogP contribution < -0.4 is 10.6 Å². The fraction of sp³-hybridized carbons (Fsp3) is 0.516. The largest absolute Gasteiger partial charge is 0.401 e. The SMILES string of the molecule is CCC(C)CCNCCCCCC1(C(NCC(F)(F)F)C2=C[CH]2)C2=C(C=CC=CC2)c2ccccc21. The molecule has 3 aliphatic carbocycles. The van der Waals surface area contributed by atoms with E-state index in [0.29, 0.717) is 0 Å². The Hall–Kier alpha value is -2.11. The van der Waals surface area contributed by atoms with E-state index in [0.717, 1.165) is 56.7 Å². The summed E-state index contributed by atoms with van der Waals surface area (Å²) in [6.07, 6.45) is 15.2. The van der Waals surface area contributed by atoms with E-state index in [1.54, 1.807) is 0 Å². The van der Waals surface area contributed by atoms with Gasteiger partial charge in [0, 0.05) is 17.9 Å². The van der Waals surface area contributed by atoms with Crippen LogP contribution in [0.15, 0.2) is 65.8 Å². The molecule has 3 aliphatic rings. The number of allylic oxidation sites excluding steroid dienone is 6. The maximum atomic E-state index is 13.4. The zero-order chi connectivity index (χ0) is 25.6. The fourth-order valence-corrected chi connectivity index (χ4v) is 5.87. The van der Waals surface area contributed by atoms with Gasteiger partial charge < -0.3 is 10.6 Å². The Morgan fingerprint density at radius 2 is 1.86 bits per heavy atom. The van der Waals surface area contributed by atoms with Crippen molar-refractivity contribution in [1.29, 1.82) is 0 Å². The monoisotopic (exact) mass is 497 g/mol. The molecule has 0 fully saturated rings. The van der Waals surface area contributed by atoms with Crippen LogP contribution in [-0.2, 0) is 5.41 Å². The van der Waals surface area contributed by atoms with Gasteiger partial charge >= 0.3 is 6.18 Å². The lowest BCUT2D eigenvalue weighted by atomic mass is 9.66. The van der Waals surface area contributed by atoms with Gasteiger partial charge in [0.05, 0.1) is 6.54 Å². The van der Waals surface area contributed by atoms with E-state index in [1.807, 2.05) is 24.6 Å². The van der Waals surface area contributed by atoms with Gasteiger partial charge in [-0.25, -0.2) is 0 Å². The van der Waals surface area contributed by atoms with Crippen LogP contribution in [0.25, 0.3) is 5.57 Å². The van der Waals surface area contributed by atoms with Gasteiger partial charge in [-0.3, -0.25) is 0 Å². The first kappa shape index (κ1) is 26.9. The molecule has 0 saturated carbocycles. The summed E-state index contributed by atoms with van der Waals surface area (Å²) >= 11 is 0. The molecule has 0 bridgehead atoms. The van der Waals surface area contributed by atoms with Gasteiger partial charge in [-0.2, -0.15) is 13.2 Å². The molecule has 1 aromatic rings. The Morgan fingerprint density at radius 3 is 2.61 bits per heavy atom. The van der Waals surface area contributed by atoms with Crippen LogP contribution in [0, 0.1) is 12.3 Å². The maximum absolute atomic E-state index is 13.4. The van der Waals surface area contributed by atoms with Crippen molar-refractivity contribution in [3.63, 3.8) is 0 Å². The van der Waals surface area contributed by atoms with Gasteiger partial charge in [-0.1, -0.05) is 87.8 Å². The number of hydrogen-bond donors (Lipinski definition) is 2. The highest BCUT2D eigenvalue weighted by Crippen LogP contribution is 2.56. The van der Waals surface area contributed by atoms with E-state index in [4.69, 9.17) is 0 Å². The highest BCUT2D eigenvalue weighted by molar-refractivity contribution is 5.88. The van der Waals surface area contributed by atoms with Crippen molar-refractivity contribution >= 4 is 5.57 Å². The molecule has 1 radical (unpaired) electrons. The van der Waals surface area contributed by atoms with Crippen LogP contribution in [-0.4, -0.2) is 31.9 Å². The summed E-state index contributed by atoms with van der Waals surface area (Å²) in [6, 6.07) is 7.96. The van der Waals surface area contributed by atoms with Crippen LogP contribution in [0.1, 0.15) is 69.9 Å². The van der Waals surface area contributed by atoms with Crippen LogP contribution in [0.3, 0.4) is 0 Å². The Labute approximate surface area is 214 Å². The standard InChI is InChI=1S/C31H40F3N2/c1-3-23(2)18-21-35-20-11-5-10-19-30(29(24-16-17-24)36-22-31(32,33)34)27-14-7-4-6-12-25(27)26-13-8-9-15-28(26)30/h4,6-9,12-13,15-17,23,29,35-36H,3,5,10-11,14,18-22H2,1-2H3. The molecule has 0 amide bonds. The molecule has 4 rings (SSSR count). The Bertz CT molecular complexity index is 1020. The van der Waals surface area contributed by atoms with Crippen molar-refractivity contribution in [3.8, 4) is 0 Å². The molecule has 3 unspecified atom stereocenters. The first-order valence-corrected chi connectivity index (χ1v) is 13.6. The minimum absolute atomic E-state index is 0.388. The molecule has 195 valence electrons. The predicted molar refractivity (Wildman–Crippen MR) is 144 cm³/mol. The molecule has 36 heavy (non-hydrogen) atoms. The minimum Gasteiger partial charge on any atom is -0.317 e. The van der Waals surface area contributed by atoms with E-state index in [2.05, 4.69) is 60.9 Å². The lowest BCUT2D eigenvalue weighted by Crippen LogP contribution is -2.51. The second-order valence-corrected chi connectivity index (χ2v) is 10.5. The van der Waals surface area contributed by atoms with Crippen molar-refractivity contribution in [2.45, 2.75) is 76.4 Å². The summed E-state index contributed by atoms with van der Waals surface area (Å²) in [5, 5.41) is 6.53. The van der Waals surface area contributed by atoms with Crippen LogP contribution in [0.2, 0.25) is 0 Å². The van der Waals surface area contributed by atoms with Crippen molar-refractivity contribution in [2.75, 3.05) is 19.6 Å². The molecule has 2 nitrogen and oxygen atoms in total. The number of unbranched alkanes of at least 4 members (excludes halogenated alkanes) is 2. The molecule has 0 heterocycles. The molecule has 0 aromatic heterocycles. The number of nitrogens with one attached hydrogen (secondary N) is 2. The Kier molecular flexibility index (Phi) is 8.95. The average molecular weight is 498 g/mol. The predicted octanol–water partition coefficient (Wildman–Crippen LogP) is 7.46. The van der Waals surface area contributed by atoms with Crippen molar-refractivity contribution in [3.05, 3.63) is 83.3 Å². The summed E-state index contributed by atoms with van der Waals surface area (Å²) in [4.78, 5) is 0. The minimum atomic E-state index is -4.26. The number of halogens is 3. The average Bonchev–Trinajstić information content (AvgIpc) is 3.68. The zero-order valence-corrected chi connectivity index (χ0v) is 21.6. The van der Waals surface area contributed by atoms with E-state index in [9.17, 15) is 13.2 Å². The topological polar surface area (TPSA) is 24.1 Å². The molecule has 0 saturated heterocycles. The van der Waals surface area contributed by atoms with Crippen molar-refractivity contribution < 1.29 is 13.2 Å². The smallest absolute Gasteiger partial charge is 0.317 e. The summed E-state index contributed by atoms with van der Waals surface area (Å²) in [5.41, 5.74) is 5.27.